The molecule has 0 aliphatic rings. The maximum Gasteiger partial charge on any atom is 0.385 e. The van der Waals surface area contributed by atoms with Crippen LogP contribution < -0.4 is 0 Å². The van der Waals surface area contributed by atoms with Gasteiger partial charge in [0.15, 0.2) is 0 Å². The van der Waals surface area contributed by atoms with Crippen LogP contribution in [-0.4, -0.2) is 25.2 Å². The molecule has 4 heteroatoms. The molecule has 1 aromatic carbocycles. The zero-order valence-corrected chi connectivity index (χ0v) is 10.6. The second kappa shape index (κ2) is 7.72. The molecule has 4 nitrogen and oxygen atoms in total. The van der Waals surface area contributed by atoms with Crippen molar-refractivity contribution in [1.82, 2.24) is 0 Å². The van der Waals surface area contributed by atoms with Crippen LogP contribution in [0.15, 0.2) is 42.5 Å². The monoisotopic (exact) mass is 258 g/mol. The first-order valence-corrected chi connectivity index (χ1v) is 5.72. The number of benzene rings is 1. The van der Waals surface area contributed by atoms with Crippen molar-refractivity contribution in [3.8, 4) is 11.8 Å². The lowest BCUT2D eigenvalue weighted by atomic mass is 10.2. The van der Waals surface area contributed by atoms with Gasteiger partial charge in [-0.25, -0.2) is 9.59 Å². The van der Waals surface area contributed by atoms with Crippen molar-refractivity contribution in [2.75, 3.05) is 13.2 Å². The molecule has 0 aliphatic carbocycles. The van der Waals surface area contributed by atoms with Crippen LogP contribution >= 0.6 is 0 Å². The predicted molar refractivity (Wildman–Crippen MR) is 70.1 cm³/mol. The minimum absolute atomic E-state index is 0.0803. The molecule has 1 aromatic rings. The van der Waals surface area contributed by atoms with E-state index < -0.39 is 11.9 Å². The summed E-state index contributed by atoms with van der Waals surface area (Å²) in [6.07, 6.45) is 0. The largest absolute Gasteiger partial charge is 0.463 e. The maximum atomic E-state index is 11.3. The van der Waals surface area contributed by atoms with Gasteiger partial charge in [0.25, 0.3) is 0 Å². The summed E-state index contributed by atoms with van der Waals surface area (Å²) in [5.74, 6) is 3.68. The Hall–Kier alpha value is -2.54. The van der Waals surface area contributed by atoms with Crippen LogP contribution in [0.3, 0.4) is 0 Å². The van der Waals surface area contributed by atoms with Gasteiger partial charge in [-0.2, -0.15) is 0 Å². The lowest BCUT2D eigenvalue weighted by molar-refractivity contribution is -0.141. The van der Waals surface area contributed by atoms with Gasteiger partial charge in [0.05, 0.1) is 12.2 Å². The molecule has 0 bridgehead atoms. The Morgan fingerprint density at radius 3 is 2.53 bits per heavy atom. The zero-order chi connectivity index (χ0) is 14.1. The number of hydrogen-bond donors (Lipinski definition) is 0. The Bertz CT molecular complexity index is 520. The topological polar surface area (TPSA) is 52.6 Å². The van der Waals surface area contributed by atoms with E-state index in [0.29, 0.717) is 5.56 Å². The molecule has 0 saturated carbocycles. The minimum Gasteiger partial charge on any atom is -0.463 e. The SMILES string of the molecule is C=C(COC(=O)C#Cc1ccccc1)C(=O)OCC. The molecule has 0 spiro atoms. The Labute approximate surface area is 112 Å². The molecule has 0 heterocycles. The van der Waals surface area contributed by atoms with Gasteiger partial charge in [-0.05, 0) is 19.1 Å². The van der Waals surface area contributed by atoms with Gasteiger partial charge in [0, 0.05) is 11.5 Å². The van der Waals surface area contributed by atoms with E-state index in [0.717, 1.165) is 0 Å². The van der Waals surface area contributed by atoms with Crippen molar-refractivity contribution in [2.45, 2.75) is 6.92 Å². The van der Waals surface area contributed by atoms with E-state index in [1.807, 2.05) is 18.2 Å². The van der Waals surface area contributed by atoms with Gasteiger partial charge < -0.3 is 9.47 Å². The highest BCUT2D eigenvalue weighted by Crippen LogP contribution is 1.97. The van der Waals surface area contributed by atoms with Crippen LogP contribution in [0.1, 0.15) is 12.5 Å². The molecule has 98 valence electrons. The molecule has 0 aliphatic heterocycles. The molecule has 0 saturated heterocycles. The number of esters is 2. The van der Waals surface area contributed by atoms with E-state index in [-0.39, 0.29) is 18.8 Å². The lowest BCUT2D eigenvalue weighted by Gasteiger charge is -2.04. The van der Waals surface area contributed by atoms with Crippen molar-refractivity contribution in [1.29, 1.82) is 0 Å². The van der Waals surface area contributed by atoms with Crippen molar-refractivity contribution in [2.24, 2.45) is 0 Å². The van der Waals surface area contributed by atoms with Crippen molar-refractivity contribution in [3.63, 3.8) is 0 Å². The highest BCUT2D eigenvalue weighted by Gasteiger charge is 2.09. The summed E-state index contributed by atoms with van der Waals surface area (Å²) in [5.41, 5.74) is 0.792. The maximum absolute atomic E-state index is 11.3. The quantitative estimate of drug-likeness (QED) is 0.468. The van der Waals surface area contributed by atoms with Gasteiger partial charge in [-0.3, -0.25) is 0 Å². The van der Waals surface area contributed by atoms with Crippen LogP contribution in [0.2, 0.25) is 0 Å². The fourth-order valence-electron chi connectivity index (χ4n) is 1.13. The van der Waals surface area contributed by atoms with E-state index in [2.05, 4.69) is 18.4 Å². The van der Waals surface area contributed by atoms with Crippen LogP contribution in [0.4, 0.5) is 0 Å². The summed E-state index contributed by atoms with van der Waals surface area (Å²) in [6.45, 7) is 5.18. The molecular weight excluding hydrogens is 244 g/mol. The van der Waals surface area contributed by atoms with Crippen LogP contribution in [0.5, 0.6) is 0 Å². The molecule has 0 atom stereocenters. The van der Waals surface area contributed by atoms with E-state index in [9.17, 15) is 9.59 Å². The summed E-state index contributed by atoms with van der Waals surface area (Å²) in [7, 11) is 0. The van der Waals surface area contributed by atoms with Gasteiger partial charge in [0.2, 0.25) is 0 Å². The van der Waals surface area contributed by atoms with Gasteiger partial charge in [-0.1, -0.05) is 30.7 Å². The summed E-state index contributed by atoms with van der Waals surface area (Å²) >= 11 is 0. The fraction of sp³-hybridized carbons (Fsp3) is 0.200. The average Bonchev–Trinajstić information content (AvgIpc) is 2.43. The molecular formula is C15H14O4. The number of rotatable bonds is 4. The molecule has 1 rings (SSSR count). The van der Waals surface area contributed by atoms with Gasteiger partial charge >= 0.3 is 11.9 Å². The van der Waals surface area contributed by atoms with E-state index in [1.165, 1.54) is 0 Å². The second-order valence-electron chi connectivity index (χ2n) is 3.52. The second-order valence-corrected chi connectivity index (χ2v) is 3.52. The number of carbonyl (C=O) groups is 2. The molecule has 0 fully saturated rings. The molecule has 19 heavy (non-hydrogen) atoms. The lowest BCUT2D eigenvalue weighted by Crippen LogP contribution is -2.13. The predicted octanol–water partition coefficient (Wildman–Crippen LogP) is 1.70. The smallest absolute Gasteiger partial charge is 0.385 e. The normalized spacial score (nSPS) is 8.89. The Morgan fingerprint density at radius 2 is 1.89 bits per heavy atom. The number of hydrogen-bond acceptors (Lipinski definition) is 4. The molecule has 0 amide bonds. The fourth-order valence-corrected chi connectivity index (χ4v) is 1.13. The third-order valence-corrected chi connectivity index (χ3v) is 2.02. The first kappa shape index (κ1) is 14.5. The van der Waals surface area contributed by atoms with Crippen molar-refractivity contribution >= 4 is 11.9 Å². The zero-order valence-electron chi connectivity index (χ0n) is 10.6. The average molecular weight is 258 g/mol. The van der Waals surface area contributed by atoms with Crippen molar-refractivity contribution < 1.29 is 19.1 Å². The molecule has 0 radical (unpaired) electrons. The highest BCUT2D eigenvalue weighted by atomic mass is 16.5. The van der Waals surface area contributed by atoms with E-state index >= 15 is 0 Å². The summed E-state index contributed by atoms with van der Waals surface area (Å²) < 4.78 is 9.48. The van der Waals surface area contributed by atoms with Crippen LogP contribution in [0.25, 0.3) is 0 Å². The third-order valence-electron chi connectivity index (χ3n) is 2.02. The van der Waals surface area contributed by atoms with Crippen LogP contribution in [-0.2, 0) is 19.1 Å². The van der Waals surface area contributed by atoms with Crippen molar-refractivity contribution in [3.05, 3.63) is 48.0 Å². The van der Waals surface area contributed by atoms with E-state index in [1.54, 1.807) is 19.1 Å². The molecule has 0 N–H and O–H groups in total. The first-order chi connectivity index (χ1) is 9.13. The molecule has 0 unspecified atom stereocenters. The highest BCUT2D eigenvalue weighted by molar-refractivity contribution is 5.91. The Morgan fingerprint density at radius 1 is 1.21 bits per heavy atom. The summed E-state index contributed by atoms with van der Waals surface area (Å²) in [6, 6.07) is 9.04. The van der Waals surface area contributed by atoms with Gasteiger partial charge in [-0.15, -0.1) is 0 Å². The standard InChI is InChI=1S/C15H14O4/c1-3-18-15(17)12(2)11-19-14(16)10-9-13-7-5-4-6-8-13/h4-8H,2-3,11H2,1H3. The molecule has 0 aromatic heterocycles. The number of ether oxygens (including phenoxy) is 2. The number of carbonyl (C=O) groups excluding carboxylic acids is 2. The van der Waals surface area contributed by atoms with Crippen LogP contribution in [0, 0.1) is 11.8 Å². The first-order valence-electron chi connectivity index (χ1n) is 5.72. The van der Waals surface area contributed by atoms with Gasteiger partial charge in [0.1, 0.15) is 6.61 Å². The summed E-state index contributed by atoms with van der Waals surface area (Å²) in [4.78, 5) is 22.5. The minimum atomic E-state index is -0.714. The third kappa shape index (κ3) is 5.55. The Kier molecular flexibility index (Phi) is 5.90. The summed E-state index contributed by atoms with van der Waals surface area (Å²) in [5, 5.41) is 0. The Balaban J connectivity index is 2.43. The van der Waals surface area contributed by atoms with E-state index in [4.69, 9.17) is 9.47 Å².